The molecular formula is C24H23NO3. The van der Waals surface area contributed by atoms with E-state index in [1.807, 2.05) is 53.4 Å². The minimum Gasteiger partial charge on any atom is -0.497 e. The Hall–Kier alpha value is -3.11. The third-order valence-electron chi connectivity index (χ3n) is 5.35. The Bertz CT molecular complexity index is 984. The number of amides is 1. The molecule has 1 aliphatic heterocycles. The smallest absolute Gasteiger partial charge is 0.254 e. The van der Waals surface area contributed by atoms with Crippen LogP contribution < -0.4 is 4.74 Å². The minimum absolute atomic E-state index is 0.0300. The Morgan fingerprint density at radius 3 is 2.61 bits per heavy atom. The topological polar surface area (TPSA) is 49.8 Å². The number of methoxy groups -OCH3 is 1. The Kier molecular flexibility index (Phi) is 5.13. The van der Waals surface area contributed by atoms with Crippen LogP contribution in [0.3, 0.4) is 0 Å². The summed E-state index contributed by atoms with van der Waals surface area (Å²) in [5.41, 5.74) is 4.80. The lowest BCUT2D eigenvalue weighted by atomic mass is 9.89. The normalized spacial score (nSPS) is 15.8. The fourth-order valence-electron chi connectivity index (χ4n) is 3.84. The number of rotatable bonds is 4. The maximum Gasteiger partial charge on any atom is 0.254 e. The molecule has 4 heteroatoms. The largest absolute Gasteiger partial charge is 0.497 e. The summed E-state index contributed by atoms with van der Waals surface area (Å²) in [6, 6.07) is 23.4. The molecule has 1 unspecified atom stereocenters. The van der Waals surface area contributed by atoms with Crippen LogP contribution in [-0.2, 0) is 19.6 Å². The van der Waals surface area contributed by atoms with Crippen molar-refractivity contribution in [2.75, 3.05) is 7.11 Å². The third-order valence-corrected chi connectivity index (χ3v) is 5.35. The van der Waals surface area contributed by atoms with Crippen LogP contribution in [0.15, 0.2) is 72.8 Å². The second-order valence-corrected chi connectivity index (χ2v) is 7.06. The fraction of sp³-hybridized carbons (Fsp3) is 0.208. The van der Waals surface area contributed by atoms with Crippen LogP contribution in [0.25, 0.3) is 0 Å². The van der Waals surface area contributed by atoms with Gasteiger partial charge >= 0.3 is 0 Å². The average molecular weight is 373 g/mol. The molecule has 4 rings (SSSR count). The quantitative estimate of drug-likeness (QED) is 0.748. The number of aliphatic hydroxyl groups is 1. The van der Waals surface area contributed by atoms with E-state index in [0.717, 1.165) is 28.9 Å². The van der Waals surface area contributed by atoms with E-state index in [-0.39, 0.29) is 18.6 Å². The van der Waals surface area contributed by atoms with E-state index in [1.54, 1.807) is 13.2 Å². The Morgan fingerprint density at radius 1 is 1.04 bits per heavy atom. The summed E-state index contributed by atoms with van der Waals surface area (Å²) in [5, 5.41) is 9.43. The van der Waals surface area contributed by atoms with Crippen molar-refractivity contribution in [1.82, 2.24) is 4.90 Å². The van der Waals surface area contributed by atoms with Crippen LogP contribution in [0, 0.1) is 0 Å². The molecular weight excluding hydrogens is 350 g/mol. The first kappa shape index (κ1) is 18.3. The van der Waals surface area contributed by atoms with Gasteiger partial charge in [0.25, 0.3) is 5.91 Å². The van der Waals surface area contributed by atoms with Gasteiger partial charge < -0.3 is 14.7 Å². The molecule has 1 N–H and O–H groups in total. The van der Waals surface area contributed by atoms with E-state index >= 15 is 0 Å². The first-order chi connectivity index (χ1) is 13.7. The molecule has 0 bridgehead atoms. The van der Waals surface area contributed by atoms with Crippen LogP contribution in [-0.4, -0.2) is 23.0 Å². The van der Waals surface area contributed by atoms with Gasteiger partial charge in [-0.2, -0.15) is 0 Å². The van der Waals surface area contributed by atoms with Crippen LogP contribution in [0.5, 0.6) is 5.75 Å². The van der Waals surface area contributed by atoms with Crippen LogP contribution in [0.2, 0.25) is 0 Å². The number of carbonyl (C=O) groups is 1. The zero-order valence-corrected chi connectivity index (χ0v) is 15.8. The molecule has 0 radical (unpaired) electrons. The van der Waals surface area contributed by atoms with Gasteiger partial charge in [0.05, 0.1) is 19.8 Å². The number of ether oxygens (including phenoxy) is 1. The van der Waals surface area contributed by atoms with E-state index in [9.17, 15) is 9.90 Å². The van der Waals surface area contributed by atoms with Crippen molar-refractivity contribution in [3.8, 4) is 5.75 Å². The van der Waals surface area contributed by atoms with Crippen molar-refractivity contribution in [3.05, 3.63) is 101 Å². The molecule has 3 aromatic rings. The van der Waals surface area contributed by atoms with Crippen LogP contribution in [0.1, 0.15) is 38.7 Å². The molecule has 0 saturated carbocycles. The van der Waals surface area contributed by atoms with Crippen LogP contribution >= 0.6 is 0 Å². The summed E-state index contributed by atoms with van der Waals surface area (Å²) in [5.74, 6) is 0.768. The summed E-state index contributed by atoms with van der Waals surface area (Å²) in [4.78, 5) is 15.4. The van der Waals surface area contributed by atoms with E-state index in [2.05, 4.69) is 18.2 Å². The van der Waals surface area contributed by atoms with Crippen molar-refractivity contribution in [2.24, 2.45) is 0 Å². The highest BCUT2D eigenvalue weighted by molar-refractivity contribution is 5.95. The number of hydrogen-bond donors (Lipinski definition) is 1. The van der Waals surface area contributed by atoms with Crippen LogP contribution in [0.4, 0.5) is 0 Å². The molecule has 1 amide bonds. The fourth-order valence-corrected chi connectivity index (χ4v) is 3.84. The number of nitrogens with zero attached hydrogens (tertiary/aromatic N) is 1. The monoisotopic (exact) mass is 373 g/mol. The van der Waals surface area contributed by atoms with Gasteiger partial charge in [0, 0.05) is 12.1 Å². The second kappa shape index (κ2) is 7.87. The first-order valence-electron chi connectivity index (χ1n) is 9.41. The van der Waals surface area contributed by atoms with Crippen molar-refractivity contribution in [3.63, 3.8) is 0 Å². The Morgan fingerprint density at radius 2 is 1.86 bits per heavy atom. The number of carbonyl (C=O) groups excluding carboxylic acids is 1. The maximum absolute atomic E-state index is 13.4. The lowest BCUT2D eigenvalue weighted by molar-refractivity contribution is 0.0637. The van der Waals surface area contributed by atoms with E-state index in [0.29, 0.717) is 12.1 Å². The molecule has 1 atom stereocenters. The van der Waals surface area contributed by atoms with E-state index < -0.39 is 0 Å². The number of benzene rings is 3. The standard InChI is InChI=1S/C24H23NO3/c1-28-22-11-10-19-14-23(18-7-3-2-4-8-18)25(15-21(19)13-22)24(27)20-9-5-6-17(12-20)16-26/h2-13,23,26H,14-16H2,1H3. The van der Waals surface area contributed by atoms with Gasteiger partial charge in [0.2, 0.25) is 0 Å². The highest BCUT2D eigenvalue weighted by atomic mass is 16.5. The zero-order chi connectivity index (χ0) is 19.5. The minimum atomic E-state index is -0.0801. The Labute approximate surface area is 165 Å². The number of aliphatic hydroxyl groups excluding tert-OH is 1. The SMILES string of the molecule is COc1ccc2c(c1)CN(C(=O)c1cccc(CO)c1)C(c1ccccc1)C2. The van der Waals surface area contributed by atoms with Crippen molar-refractivity contribution in [1.29, 1.82) is 0 Å². The number of fused-ring (bicyclic) bond motifs is 1. The van der Waals surface area contributed by atoms with Gasteiger partial charge in [-0.3, -0.25) is 4.79 Å². The molecule has 0 spiro atoms. The summed E-state index contributed by atoms with van der Waals surface area (Å²) in [7, 11) is 1.65. The average Bonchev–Trinajstić information content (AvgIpc) is 2.77. The third kappa shape index (κ3) is 3.51. The molecule has 0 saturated heterocycles. The molecule has 1 heterocycles. The molecule has 1 aliphatic rings. The first-order valence-corrected chi connectivity index (χ1v) is 9.41. The Balaban J connectivity index is 1.75. The van der Waals surface area contributed by atoms with Gasteiger partial charge in [0.1, 0.15) is 5.75 Å². The lowest BCUT2D eigenvalue weighted by Gasteiger charge is -2.37. The van der Waals surface area contributed by atoms with E-state index in [4.69, 9.17) is 4.74 Å². The molecule has 0 aliphatic carbocycles. The molecule has 0 fully saturated rings. The van der Waals surface area contributed by atoms with Crippen molar-refractivity contribution < 1.29 is 14.6 Å². The summed E-state index contributed by atoms with van der Waals surface area (Å²) >= 11 is 0. The predicted molar refractivity (Wildman–Crippen MR) is 108 cm³/mol. The van der Waals surface area contributed by atoms with Gasteiger partial charge in [-0.25, -0.2) is 0 Å². The highest BCUT2D eigenvalue weighted by Gasteiger charge is 2.31. The van der Waals surface area contributed by atoms with E-state index in [1.165, 1.54) is 5.56 Å². The lowest BCUT2D eigenvalue weighted by Crippen LogP contribution is -2.39. The summed E-state index contributed by atoms with van der Waals surface area (Å²) < 4.78 is 5.37. The van der Waals surface area contributed by atoms with Gasteiger partial charge in [-0.05, 0) is 52.9 Å². The van der Waals surface area contributed by atoms with Gasteiger partial charge in [-0.15, -0.1) is 0 Å². The highest BCUT2D eigenvalue weighted by Crippen LogP contribution is 2.35. The maximum atomic E-state index is 13.4. The van der Waals surface area contributed by atoms with Gasteiger partial charge in [0.15, 0.2) is 0 Å². The molecule has 4 nitrogen and oxygen atoms in total. The van der Waals surface area contributed by atoms with Crippen molar-refractivity contribution >= 4 is 5.91 Å². The number of hydrogen-bond acceptors (Lipinski definition) is 3. The van der Waals surface area contributed by atoms with Crippen molar-refractivity contribution in [2.45, 2.75) is 25.6 Å². The predicted octanol–water partition coefficient (Wildman–Crippen LogP) is 4.13. The second-order valence-electron chi connectivity index (χ2n) is 7.06. The van der Waals surface area contributed by atoms with Gasteiger partial charge in [-0.1, -0.05) is 48.5 Å². The molecule has 142 valence electrons. The summed E-state index contributed by atoms with van der Waals surface area (Å²) in [6.45, 7) is 0.442. The zero-order valence-electron chi connectivity index (χ0n) is 15.8. The molecule has 0 aromatic heterocycles. The molecule has 3 aromatic carbocycles. The summed E-state index contributed by atoms with van der Waals surface area (Å²) in [6.07, 6.45) is 0.759. The molecule has 28 heavy (non-hydrogen) atoms.